The van der Waals surface area contributed by atoms with Gasteiger partial charge in [-0.25, -0.2) is 0 Å². The second-order valence-electron chi connectivity index (χ2n) is 6.36. The molecule has 0 N–H and O–H groups in total. The second-order valence-corrected chi connectivity index (χ2v) is 8.32. The highest BCUT2D eigenvalue weighted by molar-refractivity contribution is 7.15. The van der Waals surface area contributed by atoms with Crippen LogP contribution in [0.4, 0.5) is 0 Å². The summed E-state index contributed by atoms with van der Waals surface area (Å²) < 4.78 is 13.5. The lowest BCUT2D eigenvalue weighted by Gasteiger charge is -2.12. The molecule has 6 nitrogen and oxygen atoms in total. The standard InChI is InChI=1S/C21H21N3O3S2/c1-3-5-10-27-15-9-8-14(12-16(15)26-4-2)13-18-20(25)24-21(29-18)22-19(23-24)17-7-6-11-28-17/h6-9,11-13H,3-5,10H2,1-2H3/b18-13+. The number of unbranched alkanes of at least 4 members (excludes halogenated alkanes) is 1. The molecule has 1 aromatic carbocycles. The first-order chi connectivity index (χ1) is 14.2. The van der Waals surface area contributed by atoms with Crippen LogP contribution in [0.3, 0.4) is 0 Å². The molecule has 0 atom stereocenters. The number of thiophene rings is 1. The van der Waals surface area contributed by atoms with E-state index >= 15 is 0 Å². The number of ether oxygens (including phenoxy) is 2. The van der Waals surface area contributed by atoms with Crippen LogP contribution < -0.4 is 19.6 Å². The Labute approximate surface area is 176 Å². The SMILES string of the molecule is CCCCOc1ccc(/C=c2/sc3nc(-c4cccs4)nn3c2=O)cc1OCC. The Bertz CT molecular complexity index is 1210. The fourth-order valence-electron chi connectivity index (χ4n) is 2.82. The van der Waals surface area contributed by atoms with Gasteiger partial charge in [-0.15, -0.1) is 16.4 Å². The van der Waals surface area contributed by atoms with Gasteiger partial charge in [0.05, 0.1) is 22.6 Å². The Morgan fingerprint density at radius 2 is 2.07 bits per heavy atom. The molecule has 0 spiro atoms. The van der Waals surface area contributed by atoms with Gasteiger partial charge in [-0.05, 0) is 48.6 Å². The number of aromatic nitrogens is 3. The summed E-state index contributed by atoms with van der Waals surface area (Å²) in [5, 5.41) is 6.33. The number of fused-ring (bicyclic) bond motifs is 1. The summed E-state index contributed by atoms with van der Waals surface area (Å²) in [7, 11) is 0. The Morgan fingerprint density at radius 3 is 2.79 bits per heavy atom. The first-order valence-electron chi connectivity index (χ1n) is 9.54. The topological polar surface area (TPSA) is 65.7 Å². The third kappa shape index (κ3) is 4.18. The van der Waals surface area contributed by atoms with Gasteiger partial charge in [0, 0.05) is 0 Å². The molecule has 29 heavy (non-hydrogen) atoms. The maximum absolute atomic E-state index is 12.8. The number of rotatable bonds is 8. The smallest absolute Gasteiger partial charge is 0.291 e. The first kappa shape index (κ1) is 19.6. The predicted molar refractivity (Wildman–Crippen MR) is 117 cm³/mol. The summed E-state index contributed by atoms with van der Waals surface area (Å²) in [5.41, 5.74) is 0.706. The molecule has 0 saturated heterocycles. The van der Waals surface area contributed by atoms with Crippen molar-refractivity contribution in [1.29, 1.82) is 0 Å². The van der Waals surface area contributed by atoms with Crippen molar-refractivity contribution in [2.45, 2.75) is 26.7 Å². The van der Waals surface area contributed by atoms with Gasteiger partial charge in [-0.3, -0.25) is 4.79 Å². The van der Waals surface area contributed by atoms with E-state index in [1.54, 1.807) is 11.3 Å². The van der Waals surface area contributed by atoms with Crippen LogP contribution in [0.25, 0.3) is 21.7 Å². The van der Waals surface area contributed by atoms with E-state index in [1.807, 2.05) is 48.7 Å². The lowest BCUT2D eigenvalue weighted by molar-refractivity contribution is 0.272. The van der Waals surface area contributed by atoms with Crippen LogP contribution in [0.1, 0.15) is 32.3 Å². The molecular weight excluding hydrogens is 406 g/mol. The lowest BCUT2D eigenvalue weighted by Crippen LogP contribution is -2.23. The third-order valence-corrected chi connectivity index (χ3v) is 6.07. The predicted octanol–water partition coefficient (Wildman–Crippen LogP) is 4.00. The van der Waals surface area contributed by atoms with Crippen LogP contribution >= 0.6 is 22.7 Å². The van der Waals surface area contributed by atoms with Gasteiger partial charge in [-0.2, -0.15) is 9.50 Å². The van der Waals surface area contributed by atoms with E-state index in [0.29, 0.717) is 34.3 Å². The highest BCUT2D eigenvalue weighted by Crippen LogP contribution is 2.29. The maximum atomic E-state index is 12.8. The minimum absolute atomic E-state index is 0.165. The molecular formula is C21H21N3O3S2. The van der Waals surface area contributed by atoms with Crippen LogP contribution in [0.2, 0.25) is 0 Å². The summed E-state index contributed by atoms with van der Waals surface area (Å²) >= 11 is 2.88. The van der Waals surface area contributed by atoms with Crippen molar-refractivity contribution in [2.24, 2.45) is 0 Å². The van der Waals surface area contributed by atoms with Crippen LogP contribution in [0.15, 0.2) is 40.5 Å². The minimum Gasteiger partial charge on any atom is -0.490 e. The van der Waals surface area contributed by atoms with Crippen molar-refractivity contribution >= 4 is 33.7 Å². The first-order valence-corrected chi connectivity index (χ1v) is 11.2. The van der Waals surface area contributed by atoms with Gasteiger partial charge in [-0.1, -0.05) is 36.8 Å². The van der Waals surface area contributed by atoms with Gasteiger partial charge in [0.15, 0.2) is 17.3 Å². The van der Waals surface area contributed by atoms with E-state index in [1.165, 1.54) is 15.9 Å². The van der Waals surface area contributed by atoms with Crippen LogP contribution in [-0.2, 0) is 0 Å². The highest BCUT2D eigenvalue weighted by Gasteiger charge is 2.13. The van der Waals surface area contributed by atoms with Crippen LogP contribution in [-0.4, -0.2) is 27.8 Å². The molecule has 0 saturated carbocycles. The number of hydrogen-bond donors (Lipinski definition) is 0. The van der Waals surface area contributed by atoms with Gasteiger partial charge in [0.1, 0.15) is 0 Å². The van der Waals surface area contributed by atoms with Crippen molar-refractivity contribution in [3.63, 3.8) is 0 Å². The summed E-state index contributed by atoms with van der Waals surface area (Å²) in [6, 6.07) is 9.61. The van der Waals surface area contributed by atoms with E-state index < -0.39 is 0 Å². The summed E-state index contributed by atoms with van der Waals surface area (Å²) in [6.45, 7) is 5.27. The average Bonchev–Trinajstić information content (AvgIpc) is 3.43. The largest absolute Gasteiger partial charge is 0.490 e. The maximum Gasteiger partial charge on any atom is 0.291 e. The highest BCUT2D eigenvalue weighted by atomic mass is 32.1. The van der Waals surface area contributed by atoms with Crippen molar-refractivity contribution in [3.8, 4) is 22.2 Å². The molecule has 8 heteroatoms. The normalized spacial score (nSPS) is 12.0. The van der Waals surface area contributed by atoms with Crippen LogP contribution in [0, 0.1) is 0 Å². The Kier molecular flexibility index (Phi) is 5.92. The summed E-state index contributed by atoms with van der Waals surface area (Å²) in [6.07, 6.45) is 3.91. The molecule has 0 amide bonds. The number of benzene rings is 1. The molecule has 4 aromatic rings. The lowest BCUT2D eigenvalue weighted by atomic mass is 10.2. The molecule has 0 unspecified atom stereocenters. The zero-order valence-electron chi connectivity index (χ0n) is 16.3. The number of nitrogens with zero attached hydrogens (tertiary/aromatic N) is 3. The van der Waals surface area contributed by atoms with E-state index in [-0.39, 0.29) is 5.56 Å². The van der Waals surface area contributed by atoms with Gasteiger partial charge < -0.3 is 9.47 Å². The van der Waals surface area contributed by atoms with Crippen molar-refractivity contribution < 1.29 is 9.47 Å². The van der Waals surface area contributed by atoms with Crippen molar-refractivity contribution in [2.75, 3.05) is 13.2 Å². The van der Waals surface area contributed by atoms with Crippen LogP contribution in [0.5, 0.6) is 11.5 Å². The molecule has 0 bridgehead atoms. The van der Waals surface area contributed by atoms with Crippen molar-refractivity contribution in [1.82, 2.24) is 14.6 Å². The Balaban J connectivity index is 1.67. The van der Waals surface area contributed by atoms with E-state index in [0.717, 1.165) is 29.0 Å². The molecule has 0 fully saturated rings. The third-order valence-electron chi connectivity index (χ3n) is 4.24. The molecule has 150 valence electrons. The second kappa shape index (κ2) is 8.75. The number of thiazole rings is 1. The molecule has 0 aliphatic carbocycles. The molecule has 0 aliphatic rings. The quantitative estimate of drug-likeness (QED) is 0.398. The minimum atomic E-state index is -0.165. The van der Waals surface area contributed by atoms with Gasteiger partial charge >= 0.3 is 0 Å². The fourth-order valence-corrected chi connectivity index (χ4v) is 4.38. The molecule has 0 radical (unpaired) electrons. The molecule has 4 rings (SSSR count). The zero-order valence-corrected chi connectivity index (χ0v) is 17.9. The molecule has 0 aliphatic heterocycles. The summed E-state index contributed by atoms with van der Waals surface area (Å²) in [5.74, 6) is 1.99. The van der Waals surface area contributed by atoms with E-state index in [4.69, 9.17) is 9.47 Å². The Morgan fingerprint density at radius 1 is 1.17 bits per heavy atom. The van der Waals surface area contributed by atoms with Gasteiger partial charge in [0.25, 0.3) is 5.56 Å². The van der Waals surface area contributed by atoms with Gasteiger partial charge in [0.2, 0.25) is 4.96 Å². The number of hydrogen-bond acceptors (Lipinski definition) is 7. The van der Waals surface area contributed by atoms with E-state index in [2.05, 4.69) is 17.0 Å². The monoisotopic (exact) mass is 427 g/mol. The summed E-state index contributed by atoms with van der Waals surface area (Å²) in [4.78, 5) is 18.8. The average molecular weight is 428 g/mol. The fraction of sp³-hybridized carbons (Fsp3) is 0.286. The molecule has 3 aromatic heterocycles. The molecule has 3 heterocycles. The Hall–Kier alpha value is -2.71. The van der Waals surface area contributed by atoms with E-state index in [9.17, 15) is 4.79 Å². The van der Waals surface area contributed by atoms with Crippen molar-refractivity contribution in [3.05, 3.63) is 56.2 Å². The zero-order chi connectivity index (χ0) is 20.2.